The van der Waals surface area contributed by atoms with Crippen LogP contribution in [0.5, 0.6) is 0 Å². The first-order valence-corrected chi connectivity index (χ1v) is 11.6. The van der Waals surface area contributed by atoms with Crippen LogP contribution in [0.3, 0.4) is 0 Å². The van der Waals surface area contributed by atoms with Crippen LogP contribution in [0, 0.1) is 5.92 Å². The summed E-state index contributed by atoms with van der Waals surface area (Å²) in [4.78, 5) is 17.1. The third-order valence-electron chi connectivity index (χ3n) is 5.57. The summed E-state index contributed by atoms with van der Waals surface area (Å²) in [7, 11) is -3.39. The molecule has 2 aliphatic heterocycles. The SMILES string of the molecule is CCN1CCN(C(=O)C2CCN(S(=O)(=O)Cc3cccc(Cl)c3)CC2)CC1. The van der Waals surface area contributed by atoms with Crippen LogP contribution in [0.4, 0.5) is 0 Å². The molecule has 0 atom stereocenters. The van der Waals surface area contributed by atoms with Crippen LogP contribution in [-0.2, 0) is 20.6 Å². The number of halogens is 1. The molecule has 27 heavy (non-hydrogen) atoms. The number of sulfonamides is 1. The molecule has 0 spiro atoms. The lowest BCUT2D eigenvalue weighted by molar-refractivity contribution is -0.138. The second kappa shape index (κ2) is 8.90. The minimum Gasteiger partial charge on any atom is -0.340 e. The van der Waals surface area contributed by atoms with Crippen LogP contribution in [0.1, 0.15) is 25.3 Å². The molecule has 6 nitrogen and oxygen atoms in total. The number of carbonyl (C=O) groups is 1. The fourth-order valence-corrected chi connectivity index (χ4v) is 5.62. The summed E-state index contributed by atoms with van der Waals surface area (Å²) in [6.07, 6.45) is 1.20. The summed E-state index contributed by atoms with van der Waals surface area (Å²) in [6.45, 7) is 7.38. The molecule has 0 radical (unpaired) electrons. The van der Waals surface area contributed by atoms with Gasteiger partial charge in [0.25, 0.3) is 0 Å². The monoisotopic (exact) mass is 413 g/mol. The molecule has 2 aliphatic rings. The molecular weight excluding hydrogens is 386 g/mol. The lowest BCUT2D eigenvalue weighted by atomic mass is 9.96. The van der Waals surface area contributed by atoms with Crippen LogP contribution < -0.4 is 0 Å². The van der Waals surface area contributed by atoms with Gasteiger partial charge in [-0.1, -0.05) is 30.7 Å². The Bertz CT molecular complexity index is 755. The van der Waals surface area contributed by atoms with E-state index in [1.165, 1.54) is 4.31 Å². The molecule has 0 unspecified atom stereocenters. The van der Waals surface area contributed by atoms with Crippen LogP contribution in [0.15, 0.2) is 24.3 Å². The Kier molecular flexibility index (Phi) is 6.78. The van der Waals surface area contributed by atoms with Gasteiger partial charge in [-0.2, -0.15) is 0 Å². The molecule has 1 aromatic carbocycles. The lowest BCUT2D eigenvalue weighted by Crippen LogP contribution is -2.51. The van der Waals surface area contributed by atoms with Crippen molar-refractivity contribution in [3.63, 3.8) is 0 Å². The third kappa shape index (κ3) is 5.22. The standard InChI is InChI=1S/C19H28ClN3O3S/c1-2-21-10-12-22(13-11-21)19(24)17-6-8-23(9-7-17)27(25,26)15-16-4-3-5-18(20)14-16/h3-5,14,17H,2,6-13,15H2,1H3. The Labute approximate surface area is 167 Å². The first-order chi connectivity index (χ1) is 12.9. The number of benzene rings is 1. The molecular formula is C19H28ClN3O3S. The van der Waals surface area contributed by atoms with E-state index in [2.05, 4.69) is 11.8 Å². The second-order valence-corrected chi connectivity index (χ2v) is 9.72. The number of likely N-dealkylation sites (N-methyl/N-ethyl adjacent to an activating group) is 1. The highest BCUT2D eigenvalue weighted by atomic mass is 35.5. The highest BCUT2D eigenvalue weighted by molar-refractivity contribution is 7.88. The van der Waals surface area contributed by atoms with E-state index in [0.29, 0.717) is 36.5 Å². The van der Waals surface area contributed by atoms with Gasteiger partial charge in [-0.15, -0.1) is 0 Å². The largest absolute Gasteiger partial charge is 0.340 e. The molecule has 2 saturated heterocycles. The van der Waals surface area contributed by atoms with Crippen molar-refractivity contribution in [1.29, 1.82) is 0 Å². The Balaban J connectivity index is 1.53. The van der Waals surface area contributed by atoms with E-state index in [1.54, 1.807) is 24.3 Å². The number of hydrogen-bond acceptors (Lipinski definition) is 4. The van der Waals surface area contributed by atoms with Gasteiger partial charge in [-0.05, 0) is 37.1 Å². The smallest absolute Gasteiger partial charge is 0.225 e. The Morgan fingerprint density at radius 1 is 1.11 bits per heavy atom. The summed E-state index contributed by atoms with van der Waals surface area (Å²) in [5, 5.41) is 0.537. The normalized spacial score (nSPS) is 20.7. The van der Waals surface area contributed by atoms with Gasteiger partial charge in [0.1, 0.15) is 0 Å². The van der Waals surface area contributed by atoms with E-state index in [9.17, 15) is 13.2 Å². The number of rotatable bonds is 5. The van der Waals surface area contributed by atoms with Crippen molar-refractivity contribution >= 4 is 27.5 Å². The molecule has 0 aliphatic carbocycles. The van der Waals surface area contributed by atoms with Gasteiger partial charge in [0.2, 0.25) is 15.9 Å². The number of amides is 1. The van der Waals surface area contributed by atoms with Gasteiger partial charge < -0.3 is 9.80 Å². The molecule has 0 saturated carbocycles. The summed E-state index contributed by atoms with van der Waals surface area (Å²) in [5.41, 5.74) is 0.689. The molecule has 2 fully saturated rings. The molecule has 0 aromatic heterocycles. The fourth-order valence-electron chi connectivity index (χ4n) is 3.85. The van der Waals surface area contributed by atoms with E-state index in [1.807, 2.05) is 4.90 Å². The molecule has 1 aromatic rings. The highest BCUT2D eigenvalue weighted by Gasteiger charge is 2.33. The minimum atomic E-state index is -3.39. The predicted molar refractivity (Wildman–Crippen MR) is 107 cm³/mol. The minimum absolute atomic E-state index is 0.0504. The van der Waals surface area contributed by atoms with E-state index in [0.717, 1.165) is 32.7 Å². The summed E-state index contributed by atoms with van der Waals surface area (Å²) >= 11 is 5.95. The molecule has 0 N–H and O–H groups in total. The van der Waals surface area contributed by atoms with E-state index in [4.69, 9.17) is 11.6 Å². The second-order valence-electron chi connectivity index (χ2n) is 7.32. The highest BCUT2D eigenvalue weighted by Crippen LogP contribution is 2.24. The topological polar surface area (TPSA) is 60.9 Å². The maximum atomic E-state index is 12.8. The number of carbonyl (C=O) groups excluding carboxylic acids is 1. The van der Waals surface area contributed by atoms with E-state index < -0.39 is 10.0 Å². The van der Waals surface area contributed by atoms with Crippen LogP contribution in [0.2, 0.25) is 5.02 Å². The van der Waals surface area contributed by atoms with Crippen molar-refractivity contribution in [2.45, 2.75) is 25.5 Å². The maximum Gasteiger partial charge on any atom is 0.225 e. The first kappa shape index (κ1) is 20.6. The maximum absolute atomic E-state index is 12.8. The van der Waals surface area contributed by atoms with Gasteiger partial charge in [0.05, 0.1) is 5.75 Å². The van der Waals surface area contributed by atoms with Crippen LogP contribution >= 0.6 is 11.6 Å². The van der Waals surface area contributed by atoms with E-state index in [-0.39, 0.29) is 17.6 Å². The van der Waals surface area contributed by atoms with E-state index >= 15 is 0 Å². The average molecular weight is 414 g/mol. The third-order valence-corrected chi connectivity index (χ3v) is 7.65. The van der Waals surface area contributed by atoms with Crippen molar-refractivity contribution in [1.82, 2.24) is 14.1 Å². The Morgan fingerprint density at radius 3 is 2.37 bits per heavy atom. The quantitative estimate of drug-likeness (QED) is 0.741. The van der Waals surface area contributed by atoms with Gasteiger partial charge in [0.15, 0.2) is 0 Å². The Morgan fingerprint density at radius 2 is 1.78 bits per heavy atom. The number of piperazine rings is 1. The van der Waals surface area contributed by atoms with Gasteiger partial charge in [-0.25, -0.2) is 12.7 Å². The molecule has 8 heteroatoms. The van der Waals surface area contributed by atoms with Crippen molar-refractivity contribution in [3.8, 4) is 0 Å². The Hall–Kier alpha value is -1.15. The van der Waals surface area contributed by atoms with Crippen molar-refractivity contribution in [2.24, 2.45) is 5.92 Å². The molecule has 2 heterocycles. The lowest BCUT2D eigenvalue weighted by Gasteiger charge is -2.38. The zero-order valence-corrected chi connectivity index (χ0v) is 17.4. The zero-order valence-electron chi connectivity index (χ0n) is 15.8. The number of piperidine rings is 1. The first-order valence-electron chi connectivity index (χ1n) is 9.62. The predicted octanol–water partition coefficient (Wildman–Crippen LogP) is 2.05. The molecule has 3 rings (SSSR count). The number of hydrogen-bond donors (Lipinski definition) is 0. The molecule has 150 valence electrons. The number of nitrogens with zero attached hydrogens (tertiary/aromatic N) is 3. The fraction of sp³-hybridized carbons (Fsp3) is 0.632. The van der Waals surface area contributed by atoms with Crippen molar-refractivity contribution in [2.75, 3.05) is 45.8 Å². The van der Waals surface area contributed by atoms with Crippen LogP contribution in [0.25, 0.3) is 0 Å². The summed E-state index contributed by atoms with van der Waals surface area (Å²) in [6, 6.07) is 6.95. The van der Waals surface area contributed by atoms with Gasteiger partial charge in [-0.3, -0.25) is 4.79 Å². The summed E-state index contributed by atoms with van der Waals surface area (Å²) in [5.74, 6) is 0.0824. The average Bonchev–Trinajstić information content (AvgIpc) is 2.67. The molecule has 0 bridgehead atoms. The summed E-state index contributed by atoms with van der Waals surface area (Å²) < 4.78 is 26.9. The molecule has 1 amide bonds. The van der Waals surface area contributed by atoms with Crippen molar-refractivity contribution in [3.05, 3.63) is 34.9 Å². The zero-order chi connectivity index (χ0) is 19.4. The van der Waals surface area contributed by atoms with Crippen molar-refractivity contribution < 1.29 is 13.2 Å². The van der Waals surface area contributed by atoms with Crippen LogP contribution in [-0.4, -0.2) is 74.2 Å². The van der Waals surface area contributed by atoms with Gasteiger partial charge in [0, 0.05) is 50.2 Å². The van der Waals surface area contributed by atoms with Gasteiger partial charge >= 0.3 is 0 Å².